The zero-order chi connectivity index (χ0) is 11.2. The van der Waals surface area contributed by atoms with Crippen LogP contribution in [-0.4, -0.2) is 19.7 Å². The highest BCUT2D eigenvalue weighted by molar-refractivity contribution is 5.38. The number of fused-ring (bicyclic) bond motifs is 1. The van der Waals surface area contributed by atoms with Crippen LogP contribution in [0.15, 0.2) is 30.9 Å². The number of rotatable bonds is 6. The topological polar surface area (TPSA) is 21.3 Å². The van der Waals surface area contributed by atoms with E-state index in [0.717, 1.165) is 18.8 Å². The molecule has 86 valence electrons. The Kier molecular flexibility index (Phi) is 4.00. The summed E-state index contributed by atoms with van der Waals surface area (Å²) in [5.41, 5.74) is 2.97. The molecule has 2 nitrogen and oxygen atoms in total. The third-order valence-corrected chi connectivity index (χ3v) is 2.91. The van der Waals surface area contributed by atoms with Crippen LogP contribution < -0.4 is 10.1 Å². The standard InChI is InChI=1S/C14H19NO/c1-2-8-15-9-10-16-14-7-6-12-4-3-5-13(12)11-14/h2,6-7,11,15H,1,3-5,8-10H2. The molecule has 0 unspecified atom stereocenters. The van der Waals surface area contributed by atoms with Gasteiger partial charge < -0.3 is 10.1 Å². The van der Waals surface area contributed by atoms with E-state index in [1.54, 1.807) is 0 Å². The van der Waals surface area contributed by atoms with Crippen LogP contribution in [-0.2, 0) is 12.8 Å². The molecule has 0 spiro atoms. The van der Waals surface area contributed by atoms with Crippen molar-refractivity contribution in [3.05, 3.63) is 42.0 Å². The van der Waals surface area contributed by atoms with E-state index in [9.17, 15) is 0 Å². The highest BCUT2D eigenvalue weighted by Gasteiger charge is 2.10. The molecule has 0 fully saturated rings. The van der Waals surface area contributed by atoms with E-state index < -0.39 is 0 Å². The summed E-state index contributed by atoms with van der Waals surface area (Å²) >= 11 is 0. The molecule has 2 rings (SSSR count). The van der Waals surface area contributed by atoms with E-state index in [1.807, 2.05) is 6.08 Å². The molecule has 0 atom stereocenters. The normalized spacial score (nSPS) is 13.5. The van der Waals surface area contributed by atoms with Crippen molar-refractivity contribution in [3.63, 3.8) is 0 Å². The Morgan fingerprint density at radius 1 is 1.31 bits per heavy atom. The molecule has 16 heavy (non-hydrogen) atoms. The lowest BCUT2D eigenvalue weighted by atomic mass is 10.1. The summed E-state index contributed by atoms with van der Waals surface area (Å²) in [5.74, 6) is 1.00. The maximum atomic E-state index is 5.68. The van der Waals surface area contributed by atoms with E-state index in [-0.39, 0.29) is 0 Å². The predicted molar refractivity (Wildman–Crippen MR) is 67.0 cm³/mol. The van der Waals surface area contributed by atoms with Gasteiger partial charge in [-0.3, -0.25) is 0 Å². The predicted octanol–water partition coefficient (Wildman–Crippen LogP) is 2.33. The van der Waals surface area contributed by atoms with Gasteiger partial charge in [0.1, 0.15) is 12.4 Å². The first-order chi connectivity index (χ1) is 7.90. The molecule has 0 heterocycles. The molecule has 1 aliphatic rings. The monoisotopic (exact) mass is 217 g/mol. The van der Waals surface area contributed by atoms with Crippen LogP contribution in [0.2, 0.25) is 0 Å². The number of benzene rings is 1. The smallest absolute Gasteiger partial charge is 0.119 e. The average Bonchev–Trinajstić information content (AvgIpc) is 2.76. The first-order valence-electron chi connectivity index (χ1n) is 5.96. The SMILES string of the molecule is C=CCNCCOc1ccc2c(c1)CCC2. The van der Waals surface area contributed by atoms with Gasteiger partial charge in [-0.2, -0.15) is 0 Å². The molecule has 0 amide bonds. The quantitative estimate of drug-likeness (QED) is 0.583. The van der Waals surface area contributed by atoms with Crippen molar-refractivity contribution in [2.24, 2.45) is 0 Å². The average molecular weight is 217 g/mol. The minimum absolute atomic E-state index is 0.715. The maximum absolute atomic E-state index is 5.68. The second-order valence-electron chi connectivity index (χ2n) is 4.13. The lowest BCUT2D eigenvalue weighted by molar-refractivity contribution is 0.316. The van der Waals surface area contributed by atoms with Gasteiger partial charge in [0.2, 0.25) is 0 Å². The van der Waals surface area contributed by atoms with Crippen molar-refractivity contribution in [3.8, 4) is 5.75 Å². The summed E-state index contributed by atoms with van der Waals surface area (Å²) in [5, 5.41) is 3.21. The minimum Gasteiger partial charge on any atom is -0.492 e. The number of aryl methyl sites for hydroxylation is 2. The van der Waals surface area contributed by atoms with Crippen molar-refractivity contribution in [2.45, 2.75) is 19.3 Å². The number of hydrogen-bond donors (Lipinski definition) is 1. The van der Waals surface area contributed by atoms with Crippen LogP contribution in [0.25, 0.3) is 0 Å². The van der Waals surface area contributed by atoms with Gasteiger partial charge in [-0.05, 0) is 42.5 Å². The third kappa shape index (κ3) is 2.86. The van der Waals surface area contributed by atoms with Gasteiger partial charge in [-0.1, -0.05) is 12.1 Å². The van der Waals surface area contributed by atoms with Crippen molar-refractivity contribution in [2.75, 3.05) is 19.7 Å². The second kappa shape index (κ2) is 5.71. The van der Waals surface area contributed by atoms with Crippen LogP contribution in [0, 0.1) is 0 Å². The molecule has 0 saturated heterocycles. The van der Waals surface area contributed by atoms with Crippen LogP contribution in [0.3, 0.4) is 0 Å². The Hall–Kier alpha value is -1.28. The summed E-state index contributed by atoms with van der Waals surface area (Å²) in [6.45, 7) is 6.07. The molecule has 0 radical (unpaired) electrons. The molecular weight excluding hydrogens is 198 g/mol. The summed E-state index contributed by atoms with van der Waals surface area (Å²) in [7, 11) is 0. The Bertz CT molecular complexity index is 360. The summed E-state index contributed by atoms with van der Waals surface area (Å²) in [4.78, 5) is 0. The number of nitrogens with one attached hydrogen (secondary N) is 1. The summed E-state index contributed by atoms with van der Waals surface area (Å²) < 4.78 is 5.68. The minimum atomic E-state index is 0.715. The summed E-state index contributed by atoms with van der Waals surface area (Å²) in [6, 6.07) is 6.47. The Morgan fingerprint density at radius 3 is 3.06 bits per heavy atom. The van der Waals surface area contributed by atoms with Crippen LogP contribution in [0.1, 0.15) is 17.5 Å². The van der Waals surface area contributed by atoms with Crippen molar-refractivity contribution >= 4 is 0 Å². The van der Waals surface area contributed by atoms with Gasteiger partial charge >= 0.3 is 0 Å². The highest BCUT2D eigenvalue weighted by atomic mass is 16.5. The molecule has 0 bridgehead atoms. The van der Waals surface area contributed by atoms with Gasteiger partial charge in [0, 0.05) is 13.1 Å². The second-order valence-corrected chi connectivity index (χ2v) is 4.13. The van der Waals surface area contributed by atoms with Crippen LogP contribution in [0.4, 0.5) is 0 Å². The lowest BCUT2D eigenvalue weighted by Crippen LogP contribution is -2.20. The van der Waals surface area contributed by atoms with E-state index in [2.05, 4.69) is 30.1 Å². The molecule has 1 N–H and O–H groups in total. The molecule has 1 aromatic carbocycles. The van der Waals surface area contributed by atoms with Crippen LogP contribution in [0.5, 0.6) is 5.75 Å². The van der Waals surface area contributed by atoms with Crippen molar-refractivity contribution in [1.29, 1.82) is 0 Å². The van der Waals surface area contributed by atoms with E-state index in [1.165, 1.54) is 30.4 Å². The zero-order valence-electron chi connectivity index (χ0n) is 9.67. The Balaban J connectivity index is 1.79. The Morgan fingerprint density at radius 2 is 2.19 bits per heavy atom. The van der Waals surface area contributed by atoms with E-state index in [4.69, 9.17) is 4.74 Å². The van der Waals surface area contributed by atoms with Gasteiger partial charge in [-0.25, -0.2) is 0 Å². The summed E-state index contributed by atoms with van der Waals surface area (Å²) in [6.07, 6.45) is 5.59. The largest absolute Gasteiger partial charge is 0.492 e. The van der Waals surface area contributed by atoms with Crippen molar-refractivity contribution < 1.29 is 4.74 Å². The van der Waals surface area contributed by atoms with Crippen LogP contribution >= 0.6 is 0 Å². The number of hydrogen-bond acceptors (Lipinski definition) is 2. The third-order valence-electron chi connectivity index (χ3n) is 2.91. The molecule has 1 aromatic rings. The zero-order valence-corrected chi connectivity index (χ0v) is 9.67. The molecule has 0 aliphatic heterocycles. The van der Waals surface area contributed by atoms with E-state index in [0.29, 0.717) is 6.61 Å². The van der Waals surface area contributed by atoms with Gasteiger partial charge in [0.25, 0.3) is 0 Å². The van der Waals surface area contributed by atoms with Crippen molar-refractivity contribution in [1.82, 2.24) is 5.32 Å². The molecule has 0 saturated carbocycles. The maximum Gasteiger partial charge on any atom is 0.119 e. The van der Waals surface area contributed by atoms with E-state index >= 15 is 0 Å². The first kappa shape index (κ1) is 11.2. The fourth-order valence-corrected chi connectivity index (χ4v) is 2.08. The molecular formula is C14H19NO. The molecule has 1 aliphatic carbocycles. The van der Waals surface area contributed by atoms with Gasteiger partial charge in [0.05, 0.1) is 0 Å². The lowest BCUT2D eigenvalue weighted by Gasteiger charge is -2.08. The number of ether oxygens (including phenoxy) is 1. The highest BCUT2D eigenvalue weighted by Crippen LogP contribution is 2.25. The molecule has 0 aromatic heterocycles. The fraction of sp³-hybridized carbons (Fsp3) is 0.429. The van der Waals surface area contributed by atoms with Gasteiger partial charge in [0.15, 0.2) is 0 Å². The molecule has 2 heteroatoms. The first-order valence-corrected chi connectivity index (χ1v) is 5.96. The van der Waals surface area contributed by atoms with Gasteiger partial charge in [-0.15, -0.1) is 6.58 Å². The Labute approximate surface area is 97.3 Å². The fourth-order valence-electron chi connectivity index (χ4n) is 2.08.